The summed E-state index contributed by atoms with van der Waals surface area (Å²) in [6, 6.07) is 4.65. The molecule has 1 fully saturated rings. The van der Waals surface area contributed by atoms with Gasteiger partial charge in [-0.15, -0.1) is 11.3 Å². The molecule has 2 aromatic rings. The number of hydrogen-bond acceptors (Lipinski definition) is 3. The summed E-state index contributed by atoms with van der Waals surface area (Å²) in [6.45, 7) is 4.37. The topological polar surface area (TPSA) is 30.7 Å². The van der Waals surface area contributed by atoms with E-state index in [1.165, 1.54) is 30.0 Å². The molecule has 18 heavy (non-hydrogen) atoms. The Morgan fingerprint density at radius 2 is 2.28 bits per heavy atom. The molecule has 1 aliphatic carbocycles. The maximum atomic E-state index is 4.79. The molecule has 3 nitrogen and oxygen atoms in total. The van der Waals surface area contributed by atoms with Gasteiger partial charge in [-0.05, 0) is 38.1 Å². The molecule has 0 atom stereocenters. The molecule has 1 saturated carbocycles. The van der Waals surface area contributed by atoms with Crippen LogP contribution in [0.5, 0.6) is 0 Å². The highest BCUT2D eigenvalue weighted by Gasteiger charge is 2.26. The molecule has 2 heterocycles. The first-order chi connectivity index (χ1) is 8.74. The van der Waals surface area contributed by atoms with Gasteiger partial charge < -0.3 is 0 Å². The van der Waals surface area contributed by atoms with E-state index in [9.17, 15) is 0 Å². The van der Waals surface area contributed by atoms with Crippen molar-refractivity contribution < 1.29 is 0 Å². The van der Waals surface area contributed by atoms with Crippen LogP contribution in [0.4, 0.5) is 0 Å². The van der Waals surface area contributed by atoms with Gasteiger partial charge in [0, 0.05) is 23.3 Å². The second-order valence-corrected chi connectivity index (χ2v) is 6.34. The molecule has 0 amide bonds. The van der Waals surface area contributed by atoms with Gasteiger partial charge in [-0.25, -0.2) is 9.67 Å². The van der Waals surface area contributed by atoms with Crippen molar-refractivity contribution in [1.29, 1.82) is 0 Å². The monoisotopic (exact) mass is 261 g/mol. The molecule has 4 heteroatoms. The Balaban J connectivity index is 1.86. The van der Waals surface area contributed by atoms with Crippen molar-refractivity contribution >= 4 is 11.3 Å². The lowest BCUT2D eigenvalue weighted by Gasteiger charge is -2.25. The van der Waals surface area contributed by atoms with Gasteiger partial charge in [-0.3, -0.25) is 0 Å². The fourth-order valence-corrected chi connectivity index (χ4v) is 3.05. The Labute approximate surface area is 112 Å². The molecule has 0 saturated heterocycles. The van der Waals surface area contributed by atoms with E-state index in [1.807, 2.05) is 0 Å². The summed E-state index contributed by atoms with van der Waals surface area (Å²) >= 11 is 1.78. The molecule has 0 aromatic carbocycles. The molecular formula is C14H19N3S. The van der Waals surface area contributed by atoms with Crippen LogP contribution in [0.1, 0.15) is 61.6 Å². The predicted molar refractivity (Wildman–Crippen MR) is 74.1 cm³/mol. The largest absolute Gasteiger partial charge is 0.247 e. The lowest BCUT2D eigenvalue weighted by Crippen LogP contribution is -2.17. The third kappa shape index (κ3) is 2.21. The van der Waals surface area contributed by atoms with E-state index in [1.54, 1.807) is 11.3 Å². The van der Waals surface area contributed by atoms with Crippen LogP contribution >= 0.6 is 11.3 Å². The molecule has 0 spiro atoms. The second kappa shape index (κ2) is 4.84. The van der Waals surface area contributed by atoms with Crippen LogP contribution < -0.4 is 0 Å². The predicted octanol–water partition coefficient (Wildman–Crippen LogP) is 3.78. The molecular weight excluding hydrogens is 242 g/mol. The van der Waals surface area contributed by atoms with Crippen molar-refractivity contribution in [3.63, 3.8) is 0 Å². The Hall–Kier alpha value is -1.16. The van der Waals surface area contributed by atoms with E-state index in [2.05, 4.69) is 36.0 Å². The molecule has 0 unspecified atom stereocenters. The summed E-state index contributed by atoms with van der Waals surface area (Å²) in [6.07, 6.45) is 4.78. The first-order valence-electron chi connectivity index (χ1n) is 6.71. The quantitative estimate of drug-likeness (QED) is 0.838. The molecule has 1 aliphatic rings. The smallest absolute Gasteiger partial charge is 0.156 e. The van der Waals surface area contributed by atoms with Gasteiger partial charge in [0.1, 0.15) is 5.82 Å². The van der Waals surface area contributed by atoms with Crippen LogP contribution in [0.15, 0.2) is 17.5 Å². The minimum Gasteiger partial charge on any atom is -0.247 e. The molecule has 0 bridgehead atoms. The van der Waals surface area contributed by atoms with E-state index in [4.69, 9.17) is 10.1 Å². The fraction of sp³-hybridized carbons (Fsp3) is 0.571. The minimum atomic E-state index is 0.408. The zero-order chi connectivity index (χ0) is 12.5. The number of aromatic nitrogens is 3. The second-order valence-electron chi connectivity index (χ2n) is 5.31. The first-order valence-corrected chi connectivity index (χ1v) is 7.59. The molecule has 0 N–H and O–H groups in total. The summed E-state index contributed by atoms with van der Waals surface area (Å²) in [4.78, 5) is 6.13. The summed E-state index contributed by atoms with van der Waals surface area (Å²) in [7, 11) is 0. The Morgan fingerprint density at radius 1 is 1.44 bits per heavy atom. The zero-order valence-corrected chi connectivity index (χ0v) is 11.8. The average Bonchev–Trinajstić information content (AvgIpc) is 2.86. The number of nitrogens with zero attached hydrogens (tertiary/aromatic N) is 3. The average molecular weight is 261 g/mol. The van der Waals surface area contributed by atoms with E-state index < -0.39 is 0 Å². The highest BCUT2D eigenvalue weighted by Crippen LogP contribution is 2.36. The van der Waals surface area contributed by atoms with Crippen molar-refractivity contribution in [1.82, 2.24) is 14.8 Å². The number of rotatable bonds is 4. The summed E-state index contributed by atoms with van der Waals surface area (Å²) < 4.78 is 2.13. The van der Waals surface area contributed by atoms with Crippen molar-refractivity contribution in [2.24, 2.45) is 0 Å². The lowest BCUT2D eigenvalue weighted by molar-refractivity contribution is 0.367. The molecule has 0 radical (unpaired) electrons. The Morgan fingerprint density at radius 3 is 2.83 bits per heavy atom. The van der Waals surface area contributed by atoms with Crippen LogP contribution in [0.25, 0.3) is 0 Å². The number of thiophene rings is 1. The van der Waals surface area contributed by atoms with Crippen molar-refractivity contribution in [2.75, 3.05) is 0 Å². The maximum Gasteiger partial charge on any atom is 0.156 e. The summed E-state index contributed by atoms with van der Waals surface area (Å²) in [5.74, 6) is 2.84. The van der Waals surface area contributed by atoms with E-state index in [0.29, 0.717) is 12.0 Å². The highest BCUT2D eigenvalue weighted by atomic mass is 32.1. The summed E-state index contributed by atoms with van der Waals surface area (Å²) in [5, 5.41) is 6.81. The van der Waals surface area contributed by atoms with Gasteiger partial charge in [0.05, 0.1) is 0 Å². The molecule has 2 aromatic heterocycles. The standard InChI is InChI=1S/C14H19N3S/c1-10(2)17-14(11-5-3-6-11)15-13(16-17)9-12-7-4-8-18-12/h4,7-8,10-11H,3,5-6,9H2,1-2H3. The van der Waals surface area contributed by atoms with Crippen molar-refractivity contribution in [3.8, 4) is 0 Å². The highest BCUT2D eigenvalue weighted by molar-refractivity contribution is 7.09. The Bertz CT molecular complexity index is 509. The van der Waals surface area contributed by atoms with Gasteiger partial charge >= 0.3 is 0 Å². The summed E-state index contributed by atoms with van der Waals surface area (Å²) in [5.41, 5.74) is 0. The van der Waals surface area contributed by atoms with Crippen LogP contribution in [-0.2, 0) is 6.42 Å². The van der Waals surface area contributed by atoms with E-state index in [0.717, 1.165) is 12.2 Å². The SMILES string of the molecule is CC(C)n1nc(Cc2cccs2)nc1C1CCC1. The van der Waals surface area contributed by atoms with Gasteiger partial charge in [-0.1, -0.05) is 12.5 Å². The fourth-order valence-electron chi connectivity index (χ4n) is 2.35. The molecule has 0 aliphatic heterocycles. The van der Waals surface area contributed by atoms with Gasteiger partial charge in [-0.2, -0.15) is 5.10 Å². The lowest BCUT2D eigenvalue weighted by atomic mass is 9.85. The van der Waals surface area contributed by atoms with E-state index in [-0.39, 0.29) is 0 Å². The van der Waals surface area contributed by atoms with Crippen molar-refractivity contribution in [2.45, 2.75) is 51.5 Å². The van der Waals surface area contributed by atoms with E-state index >= 15 is 0 Å². The van der Waals surface area contributed by atoms with Crippen LogP contribution in [0, 0.1) is 0 Å². The zero-order valence-electron chi connectivity index (χ0n) is 11.0. The van der Waals surface area contributed by atoms with Crippen molar-refractivity contribution in [3.05, 3.63) is 34.0 Å². The normalized spacial score (nSPS) is 16.2. The van der Waals surface area contributed by atoms with Gasteiger partial charge in [0.25, 0.3) is 0 Å². The van der Waals surface area contributed by atoms with Crippen LogP contribution in [0.2, 0.25) is 0 Å². The third-order valence-corrected chi connectivity index (χ3v) is 4.45. The van der Waals surface area contributed by atoms with Gasteiger partial charge in [0.2, 0.25) is 0 Å². The maximum absolute atomic E-state index is 4.79. The number of hydrogen-bond donors (Lipinski definition) is 0. The van der Waals surface area contributed by atoms with Gasteiger partial charge in [0.15, 0.2) is 5.82 Å². The minimum absolute atomic E-state index is 0.408. The molecule has 3 rings (SSSR count). The molecule has 96 valence electrons. The van der Waals surface area contributed by atoms with Crippen LogP contribution in [0.3, 0.4) is 0 Å². The first kappa shape index (κ1) is 11.9. The third-order valence-electron chi connectivity index (χ3n) is 3.57. The Kier molecular flexibility index (Phi) is 3.20. The van der Waals surface area contributed by atoms with Crippen LogP contribution in [-0.4, -0.2) is 14.8 Å².